The number of hydrogen-bond acceptors (Lipinski definition) is 4. The molecule has 0 saturated heterocycles. The van der Waals surface area contributed by atoms with Crippen molar-refractivity contribution in [3.05, 3.63) is 45.7 Å². The summed E-state index contributed by atoms with van der Waals surface area (Å²) in [5, 5.41) is 5.14. The molecule has 1 aromatic heterocycles. The Morgan fingerprint density at radius 2 is 1.91 bits per heavy atom. The highest BCUT2D eigenvalue weighted by molar-refractivity contribution is 6.37. The van der Waals surface area contributed by atoms with Crippen molar-refractivity contribution in [1.29, 1.82) is 0 Å². The van der Waals surface area contributed by atoms with Crippen LogP contribution in [0, 0.1) is 13.8 Å². The summed E-state index contributed by atoms with van der Waals surface area (Å²) in [5.74, 6) is 0.0981. The molecule has 5 nitrogen and oxygen atoms in total. The fourth-order valence-corrected chi connectivity index (χ4v) is 2.60. The number of benzene rings is 1. The van der Waals surface area contributed by atoms with Gasteiger partial charge in [-0.1, -0.05) is 29.3 Å². The van der Waals surface area contributed by atoms with Gasteiger partial charge in [-0.2, -0.15) is 5.10 Å². The fourth-order valence-electron chi connectivity index (χ4n) is 2.09. The van der Waals surface area contributed by atoms with Crippen molar-refractivity contribution in [2.75, 3.05) is 13.2 Å². The number of halogens is 2. The average Bonchev–Trinajstić information content (AvgIpc) is 2.81. The Balaban J connectivity index is 1.70. The van der Waals surface area contributed by atoms with Crippen LogP contribution in [0.25, 0.3) is 0 Å². The second-order valence-corrected chi connectivity index (χ2v) is 5.83. The molecule has 2 aromatic rings. The van der Waals surface area contributed by atoms with Crippen LogP contribution in [0.2, 0.25) is 10.0 Å². The summed E-state index contributed by atoms with van der Waals surface area (Å²) < 4.78 is 12.4. The van der Waals surface area contributed by atoms with Crippen LogP contribution in [0.3, 0.4) is 0 Å². The van der Waals surface area contributed by atoms with Crippen molar-refractivity contribution in [3.8, 4) is 5.75 Å². The van der Waals surface area contributed by atoms with Crippen LogP contribution in [0.5, 0.6) is 5.75 Å². The SMILES string of the molecule is Cc1cc(C)n(CCC(=O)OCCOc2c(Cl)cccc2Cl)n1. The van der Waals surface area contributed by atoms with Crippen LogP contribution in [-0.4, -0.2) is 29.0 Å². The average molecular weight is 357 g/mol. The van der Waals surface area contributed by atoms with Gasteiger partial charge in [0.1, 0.15) is 13.2 Å². The van der Waals surface area contributed by atoms with Crippen molar-refractivity contribution < 1.29 is 14.3 Å². The first-order chi connectivity index (χ1) is 11.0. The lowest BCUT2D eigenvalue weighted by Crippen LogP contribution is -2.15. The molecule has 0 saturated carbocycles. The zero-order valence-electron chi connectivity index (χ0n) is 13.0. The van der Waals surface area contributed by atoms with E-state index in [0.717, 1.165) is 11.4 Å². The Morgan fingerprint density at radius 3 is 2.52 bits per heavy atom. The standard InChI is InChI=1S/C16H18Cl2N2O3/c1-11-10-12(2)20(19-11)7-6-15(21)22-8-9-23-16-13(17)4-3-5-14(16)18/h3-5,10H,6-9H2,1-2H3. The Bertz CT molecular complexity index is 666. The first-order valence-electron chi connectivity index (χ1n) is 7.21. The summed E-state index contributed by atoms with van der Waals surface area (Å²) in [5.41, 5.74) is 1.95. The lowest BCUT2D eigenvalue weighted by molar-refractivity contribution is -0.144. The molecule has 0 aliphatic heterocycles. The van der Waals surface area contributed by atoms with Gasteiger partial charge in [0.05, 0.1) is 28.7 Å². The summed E-state index contributed by atoms with van der Waals surface area (Å²) in [6, 6.07) is 7.06. The molecule has 0 aliphatic rings. The zero-order valence-corrected chi connectivity index (χ0v) is 14.5. The third kappa shape index (κ3) is 5.15. The zero-order chi connectivity index (χ0) is 16.8. The number of esters is 1. The van der Waals surface area contributed by atoms with Crippen LogP contribution in [0.15, 0.2) is 24.3 Å². The summed E-state index contributed by atoms with van der Waals surface area (Å²) in [4.78, 5) is 11.7. The highest BCUT2D eigenvalue weighted by Crippen LogP contribution is 2.32. The number of para-hydroxylation sites is 1. The maximum absolute atomic E-state index is 11.7. The molecule has 0 unspecified atom stereocenters. The second-order valence-electron chi connectivity index (χ2n) is 5.02. The Labute approximate surface area is 145 Å². The van der Waals surface area contributed by atoms with Crippen LogP contribution < -0.4 is 4.74 Å². The third-order valence-corrected chi connectivity index (χ3v) is 3.74. The quantitative estimate of drug-likeness (QED) is 0.558. The topological polar surface area (TPSA) is 53.4 Å². The van der Waals surface area contributed by atoms with Crippen molar-refractivity contribution in [1.82, 2.24) is 9.78 Å². The summed E-state index contributed by atoms with van der Waals surface area (Å²) in [7, 11) is 0. The highest BCUT2D eigenvalue weighted by atomic mass is 35.5. The second kappa shape index (κ2) is 8.22. The smallest absolute Gasteiger partial charge is 0.307 e. The van der Waals surface area contributed by atoms with Gasteiger partial charge in [-0.25, -0.2) is 0 Å². The van der Waals surface area contributed by atoms with Gasteiger partial charge in [0.25, 0.3) is 0 Å². The maximum Gasteiger partial charge on any atom is 0.307 e. The number of ether oxygens (including phenoxy) is 2. The van der Waals surface area contributed by atoms with E-state index in [0.29, 0.717) is 22.3 Å². The van der Waals surface area contributed by atoms with E-state index < -0.39 is 0 Å². The van der Waals surface area contributed by atoms with Crippen LogP contribution >= 0.6 is 23.2 Å². The predicted octanol–water partition coefficient (Wildman–Crippen LogP) is 3.82. The molecule has 0 spiro atoms. The minimum atomic E-state index is -0.300. The number of aromatic nitrogens is 2. The molecule has 23 heavy (non-hydrogen) atoms. The first-order valence-corrected chi connectivity index (χ1v) is 7.96. The number of hydrogen-bond donors (Lipinski definition) is 0. The number of aryl methyl sites for hydroxylation is 3. The van der Waals surface area contributed by atoms with Crippen molar-refractivity contribution >= 4 is 29.2 Å². The summed E-state index contributed by atoms with van der Waals surface area (Å²) in [6.07, 6.45) is 0.259. The Morgan fingerprint density at radius 1 is 1.22 bits per heavy atom. The van der Waals surface area contributed by atoms with Gasteiger partial charge in [0.2, 0.25) is 0 Å². The minimum absolute atomic E-state index is 0.136. The predicted molar refractivity (Wildman–Crippen MR) is 89.2 cm³/mol. The van der Waals surface area contributed by atoms with Crippen LogP contribution in [0.4, 0.5) is 0 Å². The van der Waals surface area contributed by atoms with E-state index in [1.54, 1.807) is 22.9 Å². The van der Waals surface area contributed by atoms with Gasteiger partial charge in [-0.05, 0) is 32.0 Å². The number of carbonyl (C=O) groups excluding carboxylic acids is 1. The molecule has 2 rings (SSSR count). The molecule has 0 amide bonds. The van der Waals surface area contributed by atoms with E-state index in [9.17, 15) is 4.79 Å². The molecule has 0 N–H and O–H groups in total. The van der Waals surface area contributed by atoms with Gasteiger partial charge in [0, 0.05) is 5.69 Å². The number of carbonyl (C=O) groups is 1. The molecular weight excluding hydrogens is 339 g/mol. The first kappa shape index (κ1) is 17.6. The molecule has 1 aromatic carbocycles. The number of nitrogens with zero attached hydrogens (tertiary/aromatic N) is 2. The lowest BCUT2D eigenvalue weighted by atomic mass is 10.3. The van der Waals surface area contributed by atoms with Crippen molar-refractivity contribution in [3.63, 3.8) is 0 Å². The molecule has 0 fully saturated rings. The molecule has 7 heteroatoms. The normalized spacial score (nSPS) is 10.6. The van der Waals surface area contributed by atoms with E-state index in [1.165, 1.54) is 0 Å². The summed E-state index contributed by atoms with van der Waals surface area (Å²) >= 11 is 12.0. The molecule has 0 atom stereocenters. The van der Waals surface area contributed by atoms with Gasteiger partial charge in [-0.15, -0.1) is 0 Å². The summed E-state index contributed by atoms with van der Waals surface area (Å²) in [6.45, 7) is 4.69. The van der Waals surface area contributed by atoms with Crippen molar-refractivity contribution in [2.45, 2.75) is 26.8 Å². The number of rotatable bonds is 7. The van der Waals surface area contributed by atoms with Gasteiger partial charge < -0.3 is 9.47 Å². The molecular formula is C16H18Cl2N2O3. The van der Waals surface area contributed by atoms with Gasteiger partial charge in [-0.3, -0.25) is 9.48 Å². The largest absolute Gasteiger partial charge is 0.487 e. The molecule has 0 aliphatic carbocycles. The Kier molecular flexibility index (Phi) is 6.30. The van der Waals surface area contributed by atoms with E-state index in [4.69, 9.17) is 32.7 Å². The molecule has 1 heterocycles. The van der Waals surface area contributed by atoms with Crippen LogP contribution in [-0.2, 0) is 16.1 Å². The minimum Gasteiger partial charge on any atom is -0.487 e. The Hall–Kier alpha value is -1.72. The maximum atomic E-state index is 11.7. The van der Waals surface area contributed by atoms with Gasteiger partial charge >= 0.3 is 5.97 Å². The van der Waals surface area contributed by atoms with E-state index in [1.807, 2.05) is 19.9 Å². The lowest BCUT2D eigenvalue weighted by Gasteiger charge is -2.10. The fraction of sp³-hybridized carbons (Fsp3) is 0.375. The monoisotopic (exact) mass is 356 g/mol. The van der Waals surface area contributed by atoms with Crippen molar-refractivity contribution in [2.24, 2.45) is 0 Å². The van der Waals surface area contributed by atoms with E-state index in [2.05, 4.69) is 5.10 Å². The van der Waals surface area contributed by atoms with Gasteiger partial charge in [0.15, 0.2) is 5.75 Å². The molecule has 0 radical (unpaired) electrons. The van der Waals surface area contributed by atoms with Crippen LogP contribution in [0.1, 0.15) is 17.8 Å². The van der Waals surface area contributed by atoms with E-state index in [-0.39, 0.29) is 25.6 Å². The van der Waals surface area contributed by atoms with E-state index >= 15 is 0 Å². The molecule has 124 valence electrons. The highest BCUT2D eigenvalue weighted by Gasteiger charge is 2.09. The molecule has 0 bridgehead atoms. The third-order valence-electron chi connectivity index (χ3n) is 3.14.